The van der Waals surface area contributed by atoms with Gasteiger partial charge in [0.15, 0.2) is 5.60 Å². The summed E-state index contributed by atoms with van der Waals surface area (Å²) in [6, 6.07) is 10.0. The van der Waals surface area contributed by atoms with E-state index in [1.165, 1.54) is 24.9 Å². The Kier molecular flexibility index (Phi) is 5.87. The third kappa shape index (κ3) is 4.80. The lowest BCUT2D eigenvalue weighted by atomic mass is 9.98. The number of nitrogens with zero attached hydrogens (tertiary/aromatic N) is 3. The molecule has 1 aliphatic carbocycles. The molecule has 3 heterocycles. The Balaban J connectivity index is 1.28. The Morgan fingerprint density at radius 1 is 1.17 bits per heavy atom. The lowest BCUT2D eigenvalue weighted by Crippen LogP contribution is -2.48. The standard InChI is InChI=1S/C27H32N4O4/c1-26(2,3)35-25(33)31-12-10-27(16-31,34-4)24(32)30-20-7-8-21-19(13-20)15-29-23(21)18-9-11-28-22(14-18)17-5-6-17/h7-9,11,13-14,17H,5-6,10,12,15-16H2,1-4H3,(H,30,32)/t27-/m0/s1. The van der Waals surface area contributed by atoms with Gasteiger partial charge in [-0.2, -0.15) is 0 Å². The van der Waals surface area contributed by atoms with Gasteiger partial charge in [-0.15, -0.1) is 0 Å². The summed E-state index contributed by atoms with van der Waals surface area (Å²) in [6.07, 6.45) is 4.25. The number of carbonyl (C=O) groups is 2. The van der Waals surface area contributed by atoms with Crippen molar-refractivity contribution < 1.29 is 19.1 Å². The van der Waals surface area contributed by atoms with E-state index in [4.69, 9.17) is 14.5 Å². The fraction of sp³-hybridized carbons (Fsp3) is 0.481. The van der Waals surface area contributed by atoms with Crippen LogP contribution in [0.1, 0.15) is 68.3 Å². The maximum absolute atomic E-state index is 13.3. The second kappa shape index (κ2) is 8.75. The number of anilines is 1. The second-order valence-electron chi connectivity index (χ2n) is 10.6. The molecule has 0 unspecified atom stereocenters. The third-order valence-corrected chi connectivity index (χ3v) is 6.76. The molecule has 2 amide bonds. The molecule has 35 heavy (non-hydrogen) atoms. The number of rotatable bonds is 5. The first-order chi connectivity index (χ1) is 16.7. The van der Waals surface area contributed by atoms with Crippen molar-refractivity contribution in [1.29, 1.82) is 0 Å². The molecule has 2 aliphatic heterocycles. The van der Waals surface area contributed by atoms with Crippen LogP contribution >= 0.6 is 0 Å². The molecule has 184 valence electrons. The van der Waals surface area contributed by atoms with Crippen molar-refractivity contribution in [2.45, 2.75) is 63.7 Å². The van der Waals surface area contributed by atoms with Gasteiger partial charge in [-0.3, -0.25) is 14.8 Å². The van der Waals surface area contributed by atoms with Crippen LogP contribution in [0.15, 0.2) is 41.5 Å². The zero-order valence-corrected chi connectivity index (χ0v) is 20.8. The number of hydrogen-bond acceptors (Lipinski definition) is 6. The topological polar surface area (TPSA) is 93.1 Å². The van der Waals surface area contributed by atoms with E-state index in [0.717, 1.165) is 28.1 Å². The summed E-state index contributed by atoms with van der Waals surface area (Å²) < 4.78 is 11.1. The SMILES string of the molecule is CO[C@@]1(C(=O)Nc2ccc3c(c2)CN=C3c2ccnc(C3CC3)c2)CCN(C(=O)OC(C)(C)C)C1. The van der Waals surface area contributed by atoms with Gasteiger partial charge in [0.05, 0.1) is 18.8 Å². The van der Waals surface area contributed by atoms with Gasteiger partial charge < -0.3 is 19.7 Å². The van der Waals surface area contributed by atoms with Gasteiger partial charge in [-0.25, -0.2) is 4.79 Å². The molecule has 1 saturated carbocycles. The molecule has 3 aliphatic rings. The number of hydrogen-bond donors (Lipinski definition) is 1. The van der Waals surface area contributed by atoms with E-state index in [1.54, 1.807) is 0 Å². The number of amides is 2. The number of likely N-dealkylation sites (tertiary alicyclic amines) is 1. The number of benzene rings is 1. The van der Waals surface area contributed by atoms with Crippen LogP contribution < -0.4 is 5.32 Å². The number of nitrogens with one attached hydrogen (secondary N) is 1. The average Bonchev–Trinajstić information content (AvgIpc) is 3.43. The summed E-state index contributed by atoms with van der Waals surface area (Å²) in [4.78, 5) is 36.6. The molecule has 1 aromatic carbocycles. The first-order valence-corrected chi connectivity index (χ1v) is 12.2. The number of fused-ring (bicyclic) bond motifs is 1. The Bertz CT molecular complexity index is 1200. The van der Waals surface area contributed by atoms with Crippen LogP contribution in [0.5, 0.6) is 0 Å². The lowest BCUT2D eigenvalue weighted by Gasteiger charge is -2.28. The first-order valence-electron chi connectivity index (χ1n) is 12.2. The van der Waals surface area contributed by atoms with Gasteiger partial charge in [0, 0.05) is 54.7 Å². The molecule has 8 heteroatoms. The van der Waals surface area contributed by atoms with Crippen LogP contribution in [0, 0.1) is 0 Å². The largest absolute Gasteiger partial charge is 0.444 e. The normalized spacial score (nSPS) is 21.5. The second-order valence-corrected chi connectivity index (χ2v) is 10.6. The molecule has 1 N–H and O–H groups in total. The maximum atomic E-state index is 13.3. The van der Waals surface area contributed by atoms with E-state index >= 15 is 0 Å². The van der Waals surface area contributed by atoms with Crippen molar-refractivity contribution in [3.05, 3.63) is 58.9 Å². The Hall–Kier alpha value is -3.26. The summed E-state index contributed by atoms with van der Waals surface area (Å²) >= 11 is 0. The highest BCUT2D eigenvalue weighted by molar-refractivity contribution is 6.15. The summed E-state index contributed by atoms with van der Waals surface area (Å²) in [6.45, 7) is 6.57. The summed E-state index contributed by atoms with van der Waals surface area (Å²) in [5.41, 5.74) is 4.32. The zero-order valence-electron chi connectivity index (χ0n) is 20.8. The summed E-state index contributed by atoms with van der Waals surface area (Å²) in [7, 11) is 1.51. The molecule has 8 nitrogen and oxygen atoms in total. The van der Waals surface area contributed by atoms with E-state index < -0.39 is 17.3 Å². The van der Waals surface area contributed by atoms with Crippen LogP contribution in [0.3, 0.4) is 0 Å². The van der Waals surface area contributed by atoms with Crippen LogP contribution in [0.2, 0.25) is 0 Å². The first kappa shape index (κ1) is 23.5. The van der Waals surface area contributed by atoms with Crippen LogP contribution in [-0.2, 0) is 20.8 Å². The van der Waals surface area contributed by atoms with E-state index in [0.29, 0.717) is 31.1 Å². The Morgan fingerprint density at radius 3 is 2.69 bits per heavy atom. The number of methoxy groups -OCH3 is 1. The number of carbonyl (C=O) groups excluding carboxylic acids is 2. The summed E-state index contributed by atoms with van der Waals surface area (Å²) in [5.74, 6) is 0.317. The van der Waals surface area contributed by atoms with Crippen molar-refractivity contribution in [1.82, 2.24) is 9.88 Å². The predicted octanol–water partition coefficient (Wildman–Crippen LogP) is 4.27. The van der Waals surface area contributed by atoms with Gasteiger partial charge in [0.1, 0.15) is 5.60 Å². The number of ether oxygens (including phenoxy) is 2. The van der Waals surface area contributed by atoms with Gasteiger partial charge >= 0.3 is 6.09 Å². The molecule has 2 fully saturated rings. The molecular weight excluding hydrogens is 444 g/mol. The van der Waals surface area contributed by atoms with Crippen LogP contribution in [0.4, 0.5) is 10.5 Å². The van der Waals surface area contributed by atoms with Crippen molar-refractivity contribution >= 4 is 23.4 Å². The number of aromatic nitrogens is 1. The number of pyridine rings is 1. The van der Waals surface area contributed by atoms with Crippen LogP contribution in [0.25, 0.3) is 0 Å². The fourth-order valence-electron chi connectivity index (χ4n) is 4.68. The molecule has 0 bridgehead atoms. The fourth-order valence-corrected chi connectivity index (χ4v) is 4.68. The van der Waals surface area contributed by atoms with Crippen molar-refractivity contribution in [3.63, 3.8) is 0 Å². The molecular formula is C27H32N4O4. The highest BCUT2D eigenvalue weighted by Crippen LogP contribution is 2.39. The zero-order chi connectivity index (χ0) is 24.8. The third-order valence-electron chi connectivity index (χ3n) is 6.76. The van der Waals surface area contributed by atoms with Gasteiger partial charge in [0.2, 0.25) is 0 Å². The Morgan fingerprint density at radius 2 is 1.97 bits per heavy atom. The van der Waals surface area contributed by atoms with Gasteiger partial charge in [-0.1, -0.05) is 6.07 Å². The van der Waals surface area contributed by atoms with Crippen molar-refractivity contribution in [2.75, 3.05) is 25.5 Å². The minimum Gasteiger partial charge on any atom is -0.444 e. The maximum Gasteiger partial charge on any atom is 0.410 e. The minimum absolute atomic E-state index is 0.147. The molecule has 5 rings (SSSR count). The molecule has 1 aromatic heterocycles. The summed E-state index contributed by atoms with van der Waals surface area (Å²) in [5, 5.41) is 3.00. The average molecular weight is 477 g/mol. The van der Waals surface area contributed by atoms with E-state index in [9.17, 15) is 9.59 Å². The lowest BCUT2D eigenvalue weighted by molar-refractivity contribution is -0.136. The smallest absolute Gasteiger partial charge is 0.410 e. The Labute approximate surface area is 205 Å². The van der Waals surface area contributed by atoms with Crippen molar-refractivity contribution in [2.24, 2.45) is 4.99 Å². The molecule has 2 aromatic rings. The van der Waals surface area contributed by atoms with Crippen molar-refractivity contribution in [3.8, 4) is 0 Å². The van der Waals surface area contributed by atoms with E-state index in [2.05, 4.69) is 16.4 Å². The van der Waals surface area contributed by atoms with E-state index in [-0.39, 0.29) is 12.5 Å². The monoisotopic (exact) mass is 476 g/mol. The predicted molar refractivity (Wildman–Crippen MR) is 133 cm³/mol. The van der Waals surface area contributed by atoms with Gasteiger partial charge in [-0.05, 0) is 63.4 Å². The highest BCUT2D eigenvalue weighted by Gasteiger charge is 2.47. The van der Waals surface area contributed by atoms with Gasteiger partial charge in [0.25, 0.3) is 5.91 Å². The molecule has 0 radical (unpaired) electrons. The highest BCUT2D eigenvalue weighted by atomic mass is 16.6. The van der Waals surface area contributed by atoms with E-state index in [1.807, 2.05) is 51.2 Å². The molecule has 1 saturated heterocycles. The quantitative estimate of drug-likeness (QED) is 0.696. The molecule has 0 spiro atoms. The van der Waals surface area contributed by atoms with Crippen LogP contribution in [-0.4, -0.2) is 59.0 Å². The molecule has 1 atom stereocenters. The number of aliphatic imine (C=N–C) groups is 1. The minimum atomic E-state index is -1.12.